The number of nitrogens with zero attached hydrogens (tertiary/aromatic N) is 1. The van der Waals surface area contributed by atoms with Gasteiger partial charge in [-0.25, -0.2) is 4.79 Å². The first-order valence-electron chi connectivity index (χ1n) is 8.07. The van der Waals surface area contributed by atoms with Crippen LogP contribution in [-0.4, -0.2) is 11.9 Å². The van der Waals surface area contributed by atoms with Crippen LogP contribution in [0.15, 0.2) is 58.1 Å². The maximum absolute atomic E-state index is 12.7. The summed E-state index contributed by atoms with van der Waals surface area (Å²) in [5.74, 6) is -1.01. The van der Waals surface area contributed by atoms with Gasteiger partial charge < -0.3 is 14.6 Å². The Hall–Kier alpha value is -3.41. The summed E-state index contributed by atoms with van der Waals surface area (Å²) in [6, 6.07) is 14.5. The van der Waals surface area contributed by atoms with Gasteiger partial charge in [0.1, 0.15) is 11.1 Å². The first kappa shape index (κ1) is 17.4. The van der Waals surface area contributed by atoms with Crippen molar-refractivity contribution in [1.29, 1.82) is 0 Å². The van der Waals surface area contributed by atoms with E-state index in [1.807, 2.05) is 44.2 Å². The Morgan fingerprint density at radius 1 is 1.04 bits per heavy atom. The molecule has 1 heterocycles. The van der Waals surface area contributed by atoms with Crippen LogP contribution in [0.5, 0.6) is 0 Å². The predicted molar refractivity (Wildman–Crippen MR) is 97.4 cm³/mol. The van der Waals surface area contributed by atoms with Crippen LogP contribution in [0.3, 0.4) is 0 Å². The van der Waals surface area contributed by atoms with E-state index in [-0.39, 0.29) is 11.1 Å². The van der Waals surface area contributed by atoms with Gasteiger partial charge in [-0.2, -0.15) is 0 Å². The predicted octanol–water partition coefficient (Wildman–Crippen LogP) is 3.68. The maximum atomic E-state index is 12.7. The van der Waals surface area contributed by atoms with E-state index in [0.29, 0.717) is 11.3 Å². The summed E-state index contributed by atoms with van der Waals surface area (Å²) < 4.78 is 5.64. The number of hydrogen-bond donors (Lipinski definition) is 1. The molecule has 132 valence electrons. The number of carbonyl (C=O) groups is 2. The minimum atomic E-state index is -0.603. The molecule has 6 nitrogen and oxygen atoms in total. The first-order chi connectivity index (χ1) is 12.4. The number of rotatable bonds is 3. The lowest BCUT2D eigenvalue weighted by atomic mass is 10.1. The zero-order valence-corrected chi connectivity index (χ0v) is 14.7. The Balaban J connectivity index is 2.04. The minimum Gasteiger partial charge on any atom is -0.435 e. The van der Waals surface area contributed by atoms with Crippen LogP contribution < -0.4 is 10.9 Å². The smallest absolute Gasteiger partial charge is 0.332 e. The van der Waals surface area contributed by atoms with Crippen molar-refractivity contribution in [3.05, 3.63) is 70.8 Å². The lowest BCUT2D eigenvalue weighted by Crippen LogP contribution is -2.22. The fraction of sp³-hybridized carbons (Fsp3) is 0.150. The van der Waals surface area contributed by atoms with Crippen molar-refractivity contribution in [2.75, 3.05) is 5.32 Å². The summed E-state index contributed by atoms with van der Waals surface area (Å²) in [5, 5.41) is 7.23. The van der Waals surface area contributed by atoms with Crippen LogP contribution in [0.25, 0.3) is 11.0 Å². The number of hydrogen-bond acceptors (Lipinski definition) is 5. The number of anilines is 1. The van der Waals surface area contributed by atoms with Gasteiger partial charge in [-0.15, -0.1) is 0 Å². The molecule has 3 aromatic rings. The molecule has 0 bridgehead atoms. The van der Waals surface area contributed by atoms with E-state index in [1.165, 1.54) is 6.92 Å². The third-order valence-electron chi connectivity index (χ3n) is 3.92. The second kappa shape index (κ2) is 7.23. The molecule has 0 aliphatic heterocycles. The maximum Gasteiger partial charge on any atom is 0.332 e. The van der Waals surface area contributed by atoms with Gasteiger partial charge in [-0.3, -0.25) is 4.79 Å². The molecule has 0 fully saturated rings. The summed E-state index contributed by atoms with van der Waals surface area (Å²) in [4.78, 5) is 28.5. The van der Waals surface area contributed by atoms with Crippen molar-refractivity contribution in [3.8, 4) is 0 Å². The summed E-state index contributed by atoms with van der Waals surface area (Å²) in [5.41, 5.74) is 3.49. The molecule has 1 amide bonds. The van der Waals surface area contributed by atoms with Crippen LogP contribution in [0, 0.1) is 13.8 Å². The van der Waals surface area contributed by atoms with E-state index in [4.69, 9.17) is 4.42 Å². The van der Waals surface area contributed by atoms with E-state index < -0.39 is 11.9 Å². The fourth-order valence-electron chi connectivity index (χ4n) is 2.42. The highest BCUT2D eigenvalue weighted by molar-refractivity contribution is 6.05. The van der Waals surface area contributed by atoms with Gasteiger partial charge in [-0.05, 0) is 54.4 Å². The van der Waals surface area contributed by atoms with Crippen molar-refractivity contribution in [2.24, 2.45) is 5.16 Å². The fourth-order valence-corrected chi connectivity index (χ4v) is 2.42. The highest BCUT2D eigenvalue weighted by Gasteiger charge is 2.14. The molecule has 0 unspecified atom stereocenters. The van der Waals surface area contributed by atoms with E-state index in [9.17, 15) is 9.59 Å². The Morgan fingerprint density at radius 2 is 1.81 bits per heavy atom. The molecule has 2 aromatic carbocycles. The molecule has 0 radical (unpaired) electrons. The molecule has 26 heavy (non-hydrogen) atoms. The Labute approximate surface area is 150 Å². The van der Waals surface area contributed by atoms with Crippen LogP contribution in [-0.2, 0) is 9.63 Å². The third-order valence-corrected chi connectivity index (χ3v) is 3.92. The van der Waals surface area contributed by atoms with Gasteiger partial charge in [0.05, 0.1) is 0 Å². The molecule has 0 aliphatic rings. The largest absolute Gasteiger partial charge is 0.435 e. The van der Waals surface area contributed by atoms with Crippen molar-refractivity contribution >= 4 is 28.5 Å². The number of carbonyl (C=O) groups excluding carboxylic acids is 2. The number of amides is 1. The van der Waals surface area contributed by atoms with E-state index in [2.05, 4.69) is 15.3 Å². The van der Waals surface area contributed by atoms with Gasteiger partial charge in [0, 0.05) is 18.0 Å². The number of nitrogens with one attached hydrogen (secondary N) is 1. The summed E-state index contributed by atoms with van der Waals surface area (Å²) >= 11 is 0. The van der Waals surface area contributed by atoms with E-state index in [0.717, 1.165) is 16.5 Å². The molecule has 0 spiro atoms. The average Bonchev–Trinajstić information content (AvgIpc) is 2.62. The average molecular weight is 350 g/mol. The van der Waals surface area contributed by atoms with Crippen molar-refractivity contribution in [1.82, 2.24) is 0 Å². The molecule has 0 saturated heterocycles. The molecule has 0 aliphatic carbocycles. The molecule has 0 saturated carbocycles. The third kappa shape index (κ3) is 3.80. The highest BCUT2D eigenvalue weighted by Crippen LogP contribution is 2.17. The van der Waals surface area contributed by atoms with Crippen LogP contribution >= 0.6 is 0 Å². The zero-order chi connectivity index (χ0) is 18.7. The second-order valence-corrected chi connectivity index (χ2v) is 5.93. The lowest BCUT2D eigenvalue weighted by Gasteiger charge is -2.08. The standard InChI is InChI=1S/C20H18N2O4/c1-12-8-9-16(10-13(12)2)21-19(24)17-11-15-6-4-5-7-18(15)25-20(17)22-26-14(3)23/h4-11H,1-3H3,(H,21,24)/b22-20-. The van der Waals surface area contributed by atoms with Gasteiger partial charge in [-0.1, -0.05) is 24.3 Å². The molecule has 3 rings (SSSR count). The molecular weight excluding hydrogens is 332 g/mol. The molecule has 0 atom stereocenters. The number of fused-ring (bicyclic) bond motifs is 1. The Kier molecular flexibility index (Phi) is 4.84. The Morgan fingerprint density at radius 3 is 2.54 bits per heavy atom. The van der Waals surface area contributed by atoms with Crippen molar-refractivity contribution < 1.29 is 18.8 Å². The quantitative estimate of drug-likeness (QED) is 0.577. The second-order valence-electron chi connectivity index (χ2n) is 5.93. The summed E-state index contributed by atoms with van der Waals surface area (Å²) in [6.45, 7) is 5.19. The molecular formula is C20H18N2O4. The number of aryl methyl sites for hydroxylation is 2. The normalized spacial score (nSPS) is 11.4. The first-order valence-corrected chi connectivity index (χ1v) is 8.07. The Bertz CT molecular complexity index is 1070. The SMILES string of the molecule is CC(=O)O/N=c1\oc2ccccc2cc1C(=O)Nc1ccc(C)c(C)c1. The van der Waals surface area contributed by atoms with Gasteiger partial charge in [0.25, 0.3) is 11.5 Å². The molecule has 6 heteroatoms. The summed E-state index contributed by atoms with van der Waals surface area (Å²) in [6.07, 6.45) is 0. The minimum absolute atomic E-state index is 0.0692. The topological polar surface area (TPSA) is 80.9 Å². The van der Waals surface area contributed by atoms with Crippen LogP contribution in [0.2, 0.25) is 0 Å². The lowest BCUT2D eigenvalue weighted by molar-refractivity contribution is -0.141. The van der Waals surface area contributed by atoms with Crippen LogP contribution in [0.1, 0.15) is 28.4 Å². The zero-order valence-electron chi connectivity index (χ0n) is 14.7. The van der Waals surface area contributed by atoms with E-state index in [1.54, 1.807) is 18.2 Å². The monoisotopic (exact) mass is 350 g/mol. The molecule has 1 N–H and O–H groups in total. The van der Waals surface area contributed by atoms with Gasteiger partial charge >= 0.3 is 5.97 Å². The summed E-state index contributed by atoms with van der Waals surface area (Å²) in [7, 11) is 0. The van der Waals surface area contributed by atoms with Crippen molar-refractivity contribution in [3.63, 3.8) is 0 Å². The van der Waals surface area contributed by atoms with Gasteiger partial charge in [0.15, 0.2) is 0 Å². The van der Waals surface area contributed by atoms with Crippen molar-refractivity contribution in [2.45, 2.75) is 20.8 Å². The van der Waals surface area contributed by atoms with Gasteiger partial charge in [0.2, 0.25) is 0 Å². The number of benzene rings is 2. The number of para-hydroxylation sites is 1. The van der Waals surface area contributed by atoms with Crippen LogP contribution in [0.4, 0.5) is 5.69 Å². The highest BCUT2D eigenvalue weighted by atomic mass is 16.7. The van der Waals surface area contributed by atoms with E-state index >= 15 is 0 Å². The molecule has 1 aromatic heterocycles.